The minimum atomic E-state index is -0.896. The Labute approximate surface area is 101 Å². The molecule has 4 nitrogen and oxygen atoms in total. The molecule has 1 unspecified atom stereocenters. The Bertz CT molecular complexity index is 431. The van der Waals surface area contributed by atoms with Gasteiger partial charge in [-0.2, -0.15) is 0 Å². The number of aryl methyl sites for hydroxylation is 1. The summed E-state index contributed by atoms with van der Waals surface area (Å²) >= 11 is 0. The third-order valence-electron chi connectivity index (χ3n) is 3.41. The van der Waals surface area contributed by atoms with Crippen molar-refractivity contribution in [1.82, 2.24) is 4.98 Å². The van der Waals surface area contributed by atoms with Crippen LogP contribution in [-0.4, -0.2) is 29.1 Å². The van der Waals surface area contributed by atoms with E-state index in [1.54, 1.807) is 12.1 Å². The second-order valence-electron chi connectivity index (χ2n) is 4.64. The summed E-state index contributed by atoms with van der Waals surface area (Å²) in [6.45, 7) is 5.90. The zero-order valence-electron chi connectivity index (χ0n) is 10.3. The van der Waals surface area contributed by atoms with E-state index in [-0.39, 0.29) is 0 Å². The molecule has 0 spiro atoms. The van der Waals surface area contributed by atoms with Crippen molar-refractivity contribution in [3.05, 3.63) is 23.4 Å². The van der Waals surface area contributed by atoms with E-state index in [2.05, 4.69) is 16.8 Å². The van der Waals surface area contributed by atoms with Crippen LogP contribution in [0.2, 0.25) is 0 Å². The van der Waals surface area contributed by atoms with Gasteiger partial charge in [-0.1, -0.05) is 13.3 Å². The third kappa shape index (κ3) is 2.40. The maximum Gasteiger partial charge on any atom is 0.339 e. The quantitative estimate of drug-likeness (QED) is 0.872. The molecular weight excluding hydrogens is 216 g/mol. The summed E-state index contributed by atoms with van der Waals surface area (Å²) in [7, 11) is 0. The number of nitrogens with zero attached hydrogens (tertiary/aromatic N) is 2. The van der Waals surface area contributed by atoms with Gasteiger partial charge in [-0.05, 0) is 31.4 Å². The maximum atomic E-state index is 11.2. The van der Waals surface area contributed by atoms with E-state index in [1.165, 1.54) is 0 Å². The van der Waals surface area contributed by atoms with Gasteiger partial charge in [-0.3, -0.25) is 0 Å². The molecule has 0 aromatic carbocycles. The monoisotopic (exact) mass is 234 g/mol. The van der Waals surface area contributed by atoms with Gasteiger partial charge in [0.05, 0.1) is 0 Å². The lowest BCUT2D eigenvalue weighted by atomic mass is 10.1. The largest absolute Gasteiger partial charge is 0.478 e. The van der Waals surface area contributed by atoms with Crippen molar-refractivity contribution in [3.8, 4) is 0 Å². The van der Waals surface area contributed by atoms with Crippen LogP contribution in [0.25, 0.3) is 0 Å². The Morgan fingerprint density at radius 3 is 2.94 bits per heavy atom. The van der Waals surface area contributed by atoms with E-state index in [1.807, 2.05) is 6.92 Å². The molecule has 0 amide bonds. The topological polar surface area (TPSA) is 53.4 Å². The summed E-state index contributed by atoms with van der Waals surface area (Å²) in [5.74, 6) is 0.403. The molecule has 17 heavy (non-hydrogen) atoms. The van der Waals surface area contributed by atoms with Gasteiger partial charge in [-0.25, -0.2) is 9.78 Å². The Kier molecular flexibility index (Phi) is 3.31. The van der Waals surface area contributed by atoms with Gasteiger partial charge in [0.1, 0.15) is 11.4 Å². The zero-order valence-corrected chi connectivity index (χ0v) is 10.3. The molecule has 1 saturated heterocycles. The van der Waals surface area contributed by atoms with E-state index in [0.717, 1.165) is 31.6 Å². The van der Waals surface area contributed by atoms with Crippen LogP contribution < -0.4 is 4.90 Å². The molecule has 2 rings (SSSR count). The second-order valence-corrected chi connectivity index (χ2v) is 4.64. The van der Waals surface area contributed by atoms with Crippen LogP contribution in [0, 0.1) is 12.8 Å². The van der Waals surface area contributed by atoms with Crippen molar-refractivity contribution in [2.24, 2.45) is 5.92 Å². The Morgan fingerprint density at radius 1 is 1.59 bits per heavy atom. The number of pyridine rings is 1. The lowest BCUT2D eigenvalue weighted by Gasteiger charge is -2.19. The van der Waals surface area contributed by atoms with Gasteiger partial charge >= 0.3 is 5.97 Å². The summed E-state index contributed by atoms with van der Waals surface area (Å²) in [5.41, 5.74) is 1.18. The molecule has 0 saturated carbocycles. The fraction of sp³-hybridized carbons (Fsp3) is 0.538. The van der Waals surface area contributed by atoms with Crippen molar-refractivity contribution in [2.45, 2.75) is 26.7 Å². The van der Waals surface area contributed by atoms with Gasteiger partial charge < -0.3 is 10.0 Å². The van der Waals surface area contributed by atoms with E-state index in [0.29, 0.717) is 17.3 Å². The van der Waals surface area contributed by atoms with E-state index in [4.69, 9.17) is 0 Å². The van der Waals surface area contributed by atoms with Gasteiger partial charge in [0.2, 0.25) is 0 Å². The SMILES string of the molecule is CCC1CCN(c2nc(C)ccc2C(=O)O)C1. The highest BCUT2D eigenvalue weighted by Gasteiger charge is 2.25. The third-order valence-corrected chi connectivity index (χ3v) is 3.41. The number of aromatic carboxylic acids is 1. The number of hydrogen-bond acceptors (Lipinski definition) is 3. The Morgan fingerprint density at radius 2 is 2.35 bits per heavy atom. The van der Waals surface area contributed by atoms with Crippen LogP contribution in [-0.2, 0) is 0 Å². The molecule has 1 aliphatic rings. The molecule has 1 N–H and O–H groups in total. The smallest absolute Gasteiger partial charge is 0.339 e. The molecule has 0 radical (unpaired) electrons. The van der Waals surface area contributed by atoms with Crippen molar-refractivity contribution in [2.75, 3.05) is 18.0 Å². The summed E-state index contributed by atoms with van der Waals surface area (Å²) in [5, 5.41) is 9.17. The standard InChI is InChI=1S/C13H18N2O2/c1-3-10-6-7-15(8-10)12-11(13(16)17)5-4-9(2)14-12/h4-5,10H,3,6-8H2,1-2H3,(H,16,17). The van der Waals surface area contributed by atoms with Crippen molar-refractivity contribution < 1.29 is 9.90 Å². The normalized spacial score (nSPS) is 19.6. The first kappa shape index (κ1) is 11.9. The first-order valence-corrected chi connectivity index (χ1v) is 6.07. The van der Waals surface area contributed by atoms with Gasteiger partial charge in [-0.15, -0.1) is 0 Å². The Hall–Kier alpha value is -1.58. The number of carbonyl (C=O) groups is 1. The molecule has 1 fully saturated rings. The first-order valence-electron chi connectivity index (χ1n) is 6.07. The van der Waals surface area contributed by atoms with E-state index in [9.17, 15) is 9.90 Å². The molecular formula is C13H18N2O2. The molecule has 2 heterocycles. The van der Waals surface area contributed by atoms with Gasteiger partial charge in [0.25, 0.3) is 0 Å². The predicted molar refractivity (Wildman–Crippen MR) is 66.5 cm³/mol. The first-order chi connectivity index (χ1) is 8.11. The van der Waals surface area contributed by atoms with Crippen molar-refractivity contribution in [3.63, 3.8) is 0 Å². The second kappa shape index (κ2) is 4.73. The molecule has 0 aliphatic carbocycles. The predicted octanol–water partition coefficient (Wildman–Crippen LogP) is 2.32. The average Bonchev–Trinajstić information content (AvgIpc) is 2.76. The number of anilines is 1. The lowest BCUT2D eigenvalue weighted by molar-refractivity contribution is 0.0697. The van der Waals surface area contributed by atoms with E-state index >= 15 is 0 Å². The molecule has 1 aromatic heterocycles. The minimum Gasteiger partial charge on any atom is -0.478 e. The molecule has 4 heteroatoms. The van der Waals surface area contributed by atoms with E-state index < -0.39 is 5.97 Å². The maximum absolute atomic E-state index is 11.2. The number of aromatic nitrogens is 1. The van der Waals surface area contributed by atoms with Crippen LogP contribution in [0.1, 0.15) is 35.8 Å². The molecule has 92 valence electrons. The van der Waals surface area contributed by atoms with Crippen LogP contribution in [0.5, 0.6) is 0 Å². The van der Waals surface area contributed by atoms with Crippen LogP contribution in [0.3, 0.4) is 0 Å². The number of carboxylic acids is 1. The summed E-state index contributed by atoms with van der Waals surface area (Å²) in [4.78, 5) is 17.7. The highest BCUT2D eigenvalue weighted by atomic mass is 16.4. The fourth-order valence-corrected chi connectivity index (χ4v) is 2.31. The van der Waals surface area contributed by atoms with Crippen LogP contribution in [0.4, 0.5) is 5.82 Å². The van der Waals surface area contributed by atoms with Crippen molar-refractivity contribution >= 4 is 11.8 Å². The molecule has 0 bridgehead atoms. The summed E-state index contributed by atoms with van der Waals surface area (Å²) < 4.78 is 0. The van der Waals surface area contributed by atoms with Gasteiger partial charge in [0, 0.05) is 18.8 Å². The number of hydrogen-bond donors (Lipinski definition) is 1. The summed E-state index contributed by atoms with van der Waals surface area (Å²) in [6.07, 6.45) is 2.27. The van der Waals surface area contributed by atoms with Gasteiger partial charge in [0.15, 0.2) is 0 Å². The molecule has 1 atom stereocenters. The van der Waals surface area contributed by atoms with Crippen LogP contribution >= 0.6 is 0 Å². The van der Waals surface area contributed by atoms with Crippen LogP contribution in [0.15, 0.2) is 12.1 Å². The molecule has 1 aliphatic heterocycles. The highest BCUT2D eigenvalue weighted by molar-refractivity contribution is 5.93. The average molecular weight is 234 g/mol. The highest BCUT2D eigenvalue weighted by Crippen LogP contribution is 2.27. The molecule has 1 aromatic rings. The Balaban J connectivity index is 2.31. The van der Waals surface area contributed by atoms with Crippen molar-refractivity contribution in [1.29, 1.82) is 0 Å². The number of rotatable bonds is 3. The zero-order chi connectivity index (χ0) is 12.4. The lowest BCUT2D eigenvalue weighted by Crippen LogP contribution is -2.23. The summed E-state index contributed by atoms with van der Waals surface area (Å²) in [6, 6.07) is 3.40. The number of carboxylic acid groups (broad SMARTS) is 1. The fourth-order valence-electron chi connectivity index (χ4n) is 2.31. The minimum absolute atomic E-state index is 0.312.